The molecule has 0 unspecified atom stereocenters. The predicted octanol–water partition coefficient (Wildman–Crippen LogP) is 2.00. The summed E-state index contributed by atoms with van der Waals surface area (Å²) >= 11 is 5.83. The van der Waals surface area contributed by atoms with Gasteiger partial charge in [0.2, 0.25) is 5.91 Å². The van der Waals surface area contributed by atoms with Crippen molar-refractivity contribution >= 4 is 28.7 Å². The van der Waals surface area contributed by atoms with Crippen molar-refractivity contribution in [3.63, 3.8) is 0 Å². The number of fused-ring (bicyclic) bond motifs is 1. The van der Waals surface area contributed by atoms with Crippen LogP contribution in [0.15, 0.2) is 12.1 Å². The van der Waals surface area contributed by atoms with Crippen LogP contribution in [0.2, 0.25) is 0 Å². The summed E-state index contributed by atoms with van der Waals surface area (Å²) in [5.41, 5.74) is 2.62. The highest BCUT2D eigenvalue weighted by atomic mass is 35.5. The van der Waals surface area contributed by atoms with Gasteiger partial charge in [0.05, 0.1) is 0 Å². The summed E-state index contributed by atoms with van der Waals surface area (Å²) in [6.07, 6.45) is 1.11. The number of nitrogens with zero attached hydrogens (tertiary/aromatic N) is 4. The van der Waals surface area contributed by atoms with Crippen molar-refractivity contribution in [2.45, 2.75) is 26.3 Å². The van der Waals surface area contributed by atoms with Crippen molar-refractivity contribution in [1.82, 2.24) is 19.4 Å². The molecule has 0 aliphatic carbocycles. The Balaban J connectivity index is 2.34. The molecule has 2 aromatic rings. The van der Waals surface area contributed by atoms with Gasteiger partial charge in [-0.05, 0) is 19.1 Å². The van der Waals surface area contributed by atoms with Crippen LogP contribution < -0.4 is 0 Å². The Morgan fingerprint density at radius 2 is 2.10 bits per heavy atom. The number of halogens is 1. The van der Waals surface area contributed by atoms with Crippen molar-refractivity contribution in [2.75, 3.05) is 20.0 Å². The topological polar surface area (TPSA) is 51.0 Å². The van der Waals surface area contributed by atoms with Crippen molar-refractivity contribution < 1.29 is 4.79 Å². The molecule has 2 aromatic heterocycles. The highest BCUT2D eigenvalue weighted by molar-refractivity contribution is 6.17. The van der Waals surface area contributed by atoms with E-state index in [1.807, 2.05) is 23.6 Å². The van der Waals surface area contributed by atoms with Gasteiger partial charge >= 0.3 is 0 Å². The molecule has 1 amide bonds. The zero-order valence-corrected chi connectivity index (χ0v) is 12.8. The Morgan fingerprint density at radius 3 is 2.75 bits per heavy atom. The molecule has 6 heteroatoms. The molecule has 0 radical (unpaired) electrons. The molecule has 0 saturated heterocycles. The van der Waals surface area contributed by atoms with E-state index in [4.69, 9.17) is 11.6 Å². The lowest BCUT2D eigenvalue weighted by Crippen LogP contribution is -2.23. The number of pyridine rings is 1. The van der Waals surface area contributed by atoms with Gasteiger partial charge < -0.3 is 9.47 Å². The summed E-state index contributed by atoms with van der Waals surface area (Å²) in [6, 6.07) is 3.90. The predicted molar refractivity (Wildman–Crippen MR) is 80.0 cm³/mol. The Hall–Kier alpha value is -1.62. The summed E-state index contributed by atoms with van der Waals surface area (Å²) < 4.78 is 2.01. The number of imidazole rings is 1. The zero-order chi connectivity index (χ0) is 14.7. The Kier molecular flexibility index (Phi) is 4.60. The van der Waals surface area contributed by atoms with E-state index >= 15 is 0 Å². The Morgan fingerprint density at radius 1 is 1.35 bits per heavy atom. The minimum atomic E-state index is 0.0938. The summed E-state index contributed by atoms with van der Waals surface area (Å²) in [6.45, 7) is 2.53. The van der Waals surface area contributed by atoms with Gasteiger partial charge in [-0.25, -0.2) is 9.97 Å². The fourth-order valence-corrected chi connectivity index (χ4v) is 2.25. The largest absolute Gasteiger partial charge is 0.349 e. The van der Waals surface area contributed by atoms with Crippen LogP contribution in [0.3, 0.4) is 0 Å². The van der Waals surface area contributed by atoms with E-state index in [0.29, 0.717) is 25.3 Å². The molecule has 20 heavy (non-hydrogen) atoms. The number of hydrogen-bond donors (Lipinski definition) is 0. The van der Waals surface area contributed by atoms with Crippen LogP contribution in [-0.4, -0.2) is 45.3 Å². The lowest BCUT2D eigenvalue weighted by Gasteiger charge is -2.12. The molecule has 2 heterocycles. The fourth-order valence-electron chi connectivity index (χ4n) is 2.08. The van der Waals surface area contributed by atoms with Crippen molar-refractivity contribution in [1.29, 1.82) is 0 Å². The number of aryl methyl sites for hydroxylation is 3. The lowest BCUT2D eigenvalue weighted by atomic mass is 10.3. The van der Waals surface area contributed by atoms with E-state index in [1.165, 1.54) is 0 Å². The van der Waals surface area contributed by atoms with Crippen LogP contribution in [0.25, 0.3) is 11.2 Å². The molecule has 0 aromatic carbocycles. The number of hydrogen-bond acceptors (Lipinski definition) is 3. The zero-order valence-electron chi connectivity index (χ0n) is 12.1. The average molecular weight is 295 g/mol. The number of aromatic nitrogens is 3. The second-order valence-corrected chi connectivity index (χ2v) is 5.33. The molecule has 0 atom stereocenters. The molecule has 108 valence electrons. The number of amides is 1. The molecule has 0 aliphatic rings. The SMILES string of the molecule is Cc1ccc2nc(CCCl)n(CCC(=O)N(C)C)c2n1. The van der Waals surface area contributed by atoms with Gasteiger partial charge in [0.15, 0.2) is 5.65 Å². The van der Waals surface area contributed by atoms with E-state index in [9.17, 15) is 4.79 Å². The maximum atomic E-state index is 11.8. The molecular weight excluding hydrogens is 276 g/mol. The first kappa shape index (κ1) is 14.8. The summed E-state index contributed by atoms with van der Waals surface area (Å²) in [4.78, 5) is 22.4. The molecule has 0 bridgehead atoms. The smallest absolute Gasteiger partial charge is 0.223 e. The number of alkyl halides is 1. The minimum absolute atomic E-state index is 0.0938. The number of carbonyl (C=O) groups is 1. The van der Waals surface area contributed by atoms with Crippen molar-refractivity contribution in [2.24, 2.45) is 0 Å². The maximum absolute atomic E-state index is 11.8. The summed E-state index contributed by atoms with van der Waals surface area (Å²) in [5.74, 6) is 1.49. The lowest BCUT2D eigenvalue weighted by molar-refractivity contribution is -0.128. The van der Waals surface area contributed by atoms with Gasteiger partial charge in [-0.3, -0.25) is 4.79 Å². The molecule has 0 saturated carbocycles. The van der Waals surface area contributed by atoms with Crippen LogP contribution in [0, 0.1) is 6.92 Å². The third kappa shape index (κ3) is 3.10. The van der Waals surface area contributed by atoms with Gasteiger partial charge in [0.1, 0.15) is 11.3 Å². The van der Waals surface area contributed by atoms with Gasteiger partial charge in [0.25, 0.3) is 0 Å². The Bertz CT molecular complexity index is 621. The highest BCUT2D eigenvalue weighted by Gasteiger charge is 2.13. The van der Waals surface area contributed by atoms with Crippen LogP contribution in [0.4, 0.5) is 0 Å². The van der Waals surface area contributed by atoms with Gasteiger partial charge in [-0.2, -0.15) is 0 Å². The van der Waals surface area contributed by atoms with Crippen molar-refractivity contribution in [3.05, 3.63) is 23.7 Å². The molecule has 0 N–H and O–H groups in total. The van der Waals surface area contributed by atoms with E-state index in [0.717, 1.165) is 22.7 Å². The Labute approximate surface area is 123 Å². The third-order valence-corrected chi connectivity index (χ3v) is 3.37. The molecule has 0 spiro atoms. The van der Waals surface area contributed by atoms with E-state index in [1.54, 1.807) is 19.0 Å². The summed E-state index contributed by atoms with van der Waals surface area (Å²) in [7, 11) is 3.52. The van der Waals surface area contributed by atoms with Gasteiger partial charge in [0, 0.05) is 45.1 Å². The van der Waals surface area contributed by atoms with Crippen LogP contribution in [-0.2, 0) is 17.8 Å². The van der Waals surface area contributed by atoms with Gasteiger partial charge in [-0.1, -0.05) is 0 Å². The molecular formula is C14H19ClN4O. The maximum Gasteiger partial charge on any atom is 0.223 e. The van der Waals surface area contributed by atoms with Crippen LogP contribution in [0.5, 0.6) is 0 Å². The number of carbonyl (C=O) groups excluding carboxylic acids is 1. The van der Waals surface area contributed by atoms with E-state index in [-0.39, 0.29) is 5.91 Å². The first-order chi connectivity index (χ1) is 9.52. The van der Waals surface area contributed by atoms with Crippen molar-refractivity contribution in [3.8, 4) is 0 Å². The minimum Gasteiger partial charge on any atom is -0.349 e. The quantitative estimate of drug-likeness (QED) is 0.793. The second kappa shape index (κ2) is 6.22. The summed E-state index contributed by atoms with van der Waals surface area (Å²) in [5, 5.41) is 0. The third-order valence-electron chi connectivity index (χ3n) is 3.18. The monoisotopic (exact) mass is 294 g/mol. The molecule has 2 rings (SSSR count). The van der Waals surface area contributed by atoms with Gasteiger partial charge in [-0.15, -0.1) is 11.6 Å². The standard InChI is InChI=1S/C14H19ClN4O/c1-10-4-5-11-14(16-10)19(12(17-11)6-8-15)9-7-13(20)18(2)3/h4-5H,6-9H2,1-3H3. The second-order valence-electron chi connectivity index (χ2n) is 4.95. The normalized spacial score (nSPS) is 11.0. The van der Waals surface area contributed by atoms with Crippen LogP contribution >= 0.6 is 11.6 Å². The highest BCUT2D eigenvalue weighted by Crippen LogP contribution is 2.16. The van der Waals surface area contributed by atoms with E-state index < -0.39 is 0 Å². The fraction of sp³-hybridized carbons (Fsp3) is 0.500. The number of rotatable bonds is 5. The molecule has 0 fully saturated rings. The molecule has 0 aliphatic heterocycles. The van der Waals surface area contributed by atoms with E-state index in [2.05, 4.69) is 9.97 Å². The average Bonchev–Trinajstić information content (AvgIpc) is 2.73. The first-order valence-electron chi connectivity index (χ1n) is 6.62. The first-order valence-corrected chi connectivity index (χ1v) is 7.15. The van der Waals surface area contributed by atoms with Crippen LogP contribution in [0.1, 0.15) is 17.9 Å². The molecule has 5 nitrogen and oxygen atoms in total.